The maximum atomic E-state index is 13.7. The van der Waals surface area contributed by atoms with Crippen molar-refractivity contribution in [3.05, 3.63) is 29.8 Å². The van der Waals surface area contributed by atoms with Crippen LogP contribution >= 0.6 is 0 Å². The number of carboxylic acid groups (broad SMARTS) is 1. The minimum Gasteiger partial charge on any atom is -0.475 e. The predicted molar refractivity (Wildman–Crippen MR) is 87.3 cm³/mol. The molecule has 13 heteroatoms. The highest BCUT2D eigenvalue weighted by Gasteiger charge is 2.47. The number of nitrogens with zero attached hydrogens (tertiary/aromatic N) is 3. The summed E-state index contributed by atoms with van der Waals surface area (Å²) in [5.41, 5.74) is -0.0107. The predicted octanol–water partition coefficient (Wildman–Crippen LogP) is 1.10. The van der Waals surface area contributed by atoms with Gasteiger partial charge in [0.2, 0.25) is 10.0 Å². The molecule has 0 saturated carbocycles. The largest absolute Gasteiger partial charge is 0.490 e. The number of halogens is 4. The van der Waals surface area contributed by atoms with Gasteiger partial charge in [0.1, 0.15) is 0 Å². The molecule has 0 bridgehead atoms. The van der Waals surface area contributed by atoms with E-state index < -0.39 is 33.9 Å². The topological polar surface area (TPSA) is 108 Å². The summed E-state index contributed by atoms with van der Waals surface area (Å²) in [6.07, 6.45) is -0.325. The Balaban J connectivity index is 0.000000345. The van der Waals surface area contributed by atoms with Crippen molar-refractivity contribution >= 4 is 21.9 Å². The van der Waals surface area contributed by atoms with Gasteiger partial charge in [0, 0.05) is 31.4 Å². The monoisotopic (exact) mass is 427 g/mol. The molecule has 28 heavy (non-hydrogen) atoms. The Morgan fingerprint density at radius 3 is 2.29 bits per heavy atom. The maximum absolute atomic E-state index is 13.7. The lowest BCUT2D eigenvalue weighted by atomic mass is 10.1. The molecule has 3 heterocycles. The molecule has 0 spiro atoms. The zero-order valence-corrected chi connectivity index (χ0v) is 15.4. The second-order valence-corrected chi connectivity index (χ2v) is 8.18. The van der Waals surface area contributed by atoms with Crippen LogP contribution in [0.15, 0.2) is 18.5 Å². The number of aliphatic carboxylic acids is 1. The maximum Gasteiger partial charge on any atom is 0.490 e. The molecule has 2 aliphatic heterocycles. The van der Waals surface area contributed by atoms with Gasteiger partial charge in [0.25, 0.3) is 5.91 Å². The summed E-state index contributed by atoms with van der Waals surface area (Å²) in [7, 11) is -3.27. The molecule has 0 aliphatic carbocycles. The lowest BCUT2D eigenvalue weighted by Gasteiger charge is -2.24. The number of carbonyl (C=O) groups is 2. The standard InChI is InChI=1S/C13H16FN3O3S.C2HF3O2/c1-21(19,20)17-7-4-11-12(17)3-6-16(11)13(18)9-2-5-15-8-10(9)14;3-2(4,5)1(6)7/h2,5,8,11-12H,3-4,6-7H2,1H3;(H,6,7)/t11-,12+;/m1./s1. The van der Waals surface area contributed by atoms with Crippen LogP contribution < -0.4 is 0 Å². The summed E-state index contributed by atoms with van der Waals surface area (Å²) in [5.74, 6) is -3.80. The highest BCUT2D eigenvalue weighted by molar-refractivity contribution is 7.88. The van der Waals surface area contributed by atoms with E-state index in [9.17, 15) is 30.8 Å². The Morgan fingerprint density at radius 1 is 1.21 bits per heavy atom. The third-order valence-corrected chi connectivity index (χ3v) is 5.76. The van der Waals surface area contributed by atoms with Gasteiger partial charge in [0.05, 0.1) is 18.0 Å². The van der Waals surface area contributed by atoms with E-state index in [-0.39, 0.29) is 17.6 Å². The van der Waals surface area contributed by atoms with Crippen LogP contribution in [-0.4, -0.2) is 77.2 Å². The number of likely N-dealkylation sites (tertiary alicyclic amines) is 1. The van der Waals surface area contributed by atoms with Crippen LogP contribution in [0.25, 0.3) is 0 Å². The van der Waals surface area contributed by atoms with Gasteiger partial charge in [-0.25, -0.2) is 17.6 Å². The highest BCUT2D eigenvalue weighted by Crippen LogP contribution is 2.34. The van der Waals surface area contributed by atoms with Gasteiger partial charge >= 0.3 is 12.1 Å². The number of sulfonamides is 1. The van der Waals surface area contributed by atoms with Crippen molar-refractivity contribution < 1.29 is 40.7 Å². The first-order valence-corrected chi connectivity index (χ1v) is 9.86. The summed E-state index contributed by atoms with van der Waals surface area (Å²) in [6.45, 7) is 0.860. The van der Waals surface area contributed by atoms with Crippen LogP contribution in [0.1, 0.15) is 23.2 Å². The van der Waals surface area contributed by atoms with E-state index in [1.807, 2.05) is 0 Å². The van der Waals surface area contributed by atoms with Crippen LogP contribution in [0.2, 0.25) is 0 Å². The van der Waals surface area contributed by atoms with Crippen molar-refractivity contribution in [1.82, 2.24) is 14.2 Å². The molecule has 0 radical (unpaired) electrons. The molecule has 1 N–H and O–H groups in total. The molecule has 3 rings (SSSR count). The van der Waals surface area contributed by atoms with Gasteiger partial charge in [0.15, 0.2) is 5.82 Å². The third kappa shape index (κ3) is 4.76. The smallest absolute Gasteiger partial charge is 0.475 e. The third-order valence-electron chi connectivity index (χ3n) is 4.46. The Morgan fingerprint density at radius 2 is 1.79 bits per heavy atom. The Hall–Kier alpha value is -2.28. The van der Waals surface area contributed by atoms with Crippen LogP contribution in [0.4, 0.5) is 17.6 Å². The fraction of sp³-hybridized carbons (Fsp3) is 0.533. The summed E-state index contributed by atoms with van der Waals surface area (Å²) in [6, 6.07) is 1.00. The van der Waals surface area contributed by atoms with Crippen molar-refractivity contribution in [2.24, 2.45) is 0 Å². The van der Waals surface area contributed by atoms with E-state index in [1.165, 1.54) is 22.8 Å². The number of alkyl halides is 3. The minimum atomic E-state index is -5.08. The molecule has 0 unspecified atom stereocenters. The van der Waals surface area contributed by atoms with Crippen molar-refractivity contribution in [2.75, 3.05) is 19.3 Å². The number of pyridine rings is 1. The SMILES string of the molecule is CS(=O)(=O)N1CC[C@@H]2[C@@H]1CCN2C(=O)c1ccncc1F.O=C(O)C(F)(F)F. The van der Waals surface area contributed by atoms with Gasteiger partial charge in [-0.15, -0.1) is 0 Å². The number of carbonyl (C=O) groups excluding carboxylic acids is 1. The molecule has 0 aromatic carbocycles. The van der Waals surface area contributed by atoms with Gasteiger partial charge < -0.3 is 10.0 Å². The minimum absolute atomic E-state index is 0.0107. The molecular weight excluding hydrogens is 410 g/mol. The number of rotatable bonds is 2. The molecule has 2 atom stereocenters. The molecule has 1 amide bonds. The quantitative estimate of drug-likeness (QED) is 0.709. The van der Waals surface area contributed by atoms with E-state index in [0.29, 0.717) is 25.9 Å². The first kappa shape index (κ1) is 22.0. The van der Waals surface area contributed by atoms with E-state index in [4.69, 9.17) is 9.90 Å². The number of fused-ring (bicyclic) bond motifs is 1. The van der Waals surface area contributed by atoms with E-state index in [2.05, 4.69) is 4.98 Å². The van der Waals surface area contributed by atoms with Crippen molar-refractivity contribution in [1.29, 1.82) is 0 Å². The zero-order valence-electron chi connectivity index (χ0n) is 14.6. The summed E-state index contributed by atoms with van der Waals surface area (Å²) in [5, 5.41) is 7.12. The lowest BCUT2D eigenvalue weighted by Crippen LogP contribution is -2.41. The number of hydrogen-bond donors (Lipinski definition) is 1. The Kier molecular flexibility index (Phi) is 6.28. The van der Waals surface area contributed by atoms with Gasteiger partial charge in [-0.2, -0.15) is 17.5 Å². The van der Waals surface area contributed by atoms with Gasteiger partial charge in [-0.05, 0) is 18.9 Å². The molecule has 1 aromatic rings. The van der Waals surface area contributed by atoms with Crippen molar-refractivity contribution in [3.8, 4) is 0 Å². The second kappa shape index (κ2) is 7.99. The molecule has 1 aromatic heterocycles. The van der Waals surface area contributed by atoms with E-state index >= 15 is 0 Å². The summed E-state index contributed by atoms with van der Waals surface area (Å²) in [4.78, 5) is 26.6. The molecule has 8 nitrogen and oxygen atoms in total. The Labute approximate surface area is 157 Å². The molecular formula is C15H17F4N3O5S. The molecule has 2 fully saturated rings. The van der Waals surface area contributed by atoms with E-state index in [0.717, 1.165) is 6.20 Å². The molecule has 156 valence electrons. The van der Waals surface area contributed by atoms with Crippen molar-refractivity contribution in [3.63, 3.8) is 0 Å². The fourth-order valence-corrected chi connectivity index (χ4v) is 4.49. The molecule has 2 saturated heterocycles. The van der Waals surface area contributed by atoms with Crippen LogP contribution in [-0.2, 0) is 14.8 Å². The number of carboxylic acids is 1. The number of hydrogen-bond acceptors (Lipinski definition) is 5. The average molecular weight is 427 g/mol. The molecule has 2 aliphatic rings. The van der Waals surface area contributed by atoms with Crippen molar-refractivity contribution in [2.45, 2.75) is 31.1 Å². The number of aromatic nitrogens is 1. The normalized spacial score (nSPS) is 22.4. The Bertz CT molecular complexity index is 861. The summed E-state index contributed by atoms with van der Waals surface area (Å²) < 4.78 is 70.3. The van der Waals surface area contributed by atoms with Crippen LogP contribution in [0.3, 0.4) is 0 Å². The highest BCUT2D eigenvalue weighted by atomic mass is 32.2. The first-order valence-electron chi connectivity index (χ1n) is 8.01. The van der Waals surface area contributed by atoms with Gasteiger partial charge in [-0.3, -0.25) is 9.78 Å². The lowest BCUT2D eigenvalue weighted by molar-refractivity contribution is -0.192. The van der Waals surface area contributed by atoms with Crippen LogP contribution in [0.5, 0.6) is 0 Å². The number of amides is 1. The fourth-order valence-electron chi connectivity index (χ4n) is 3.31. The zero-order chi connectivity index (χ0) is 21.3. The first-order chi connectivity index (χ1) is 12.8. The van der Waals surface area contributed by atoms with Gasteiger partial charge in [-0.1, -0.05) is 0 Å². The van der Waals surface area contributed by atoms with E-state index in [1.54, 1.807) is 4.90 Å². The average Bonchev–Trinajstić information content (AvgIpc) is 3.15. The van der Waals surface area contributed by atoms with Crippen LogP contribution in [0, 0.1) is 5.82 Å². The second-order valence-electron chi connectivity index (χ2n) is 6.24. The summed E-state index contributed by atoms with van der Waals surface area (Å²) >= 11 is 0.